The number of amides is 1. The van der Waals surface area contributed by atoms with E-state index in [0.717, 1.165) is 24.9 Å². The van der Waals surface area contributed by atoms with Crippen molar-refractivity contribution in [1.29, 1.82) is 0 Å². The molecule has 23 heavy (non-hydrogen) atoms. The molecule has 1 aromatic carbocycles. The number of likely N-dealkylation sites (N-methyl/N-ethyl adjacent to an activating group) is 1. The van der Waals surface area contributed by atoms with Crippen LogP contribution < -0.4 is 0 Å². The molecule has 0 aromatic heterocycles. The molecule has 3 nitrogen and oxygen atoms in total. The molecule has 1 amide bonds. The van der Waals surface area contributed by atoms with E-state index in [-0.39, 0.29) is 24.1 Å². The first-order valence-electron chi connectivity index (χ1n) is 8.35. The molecule has 0 radical (unpaired) electrons. The highest BCUT2D eigenvalue weighted by atomic mass is 35.5. The first-order chi connectivity index (χ1) is 10.6. The highest BCUT2D eigenvalue weighted by molar-refractivity contribution is 5.94. The number of fused-ring (bicyclic) bond motifs is 4. The molecule has 0 unspecified atom stereocenters. The first-order valence-corrected chi connectivity index (χ1v) is 8.35. The third-order valence-corrected chi connectivity index (χ3v) is 5.19. The molecule has 3 aliphatic rings. The van der Waals surface area contributed by atoms with Gasteiger partial charge >= 0.3 is 0 Å². The smallest absolute Gasteiger partial charge is 0.253 e. The predicted octanol–water partition coefficient (Wildman–Crippen LogP) is 3.44. The average Bonchev–Trinajstić information content (AvgIpc) is 2.85. The van der Waals surface area contributed by atoms with Crippen molar-refractivity contribution >= 4 is 18.3 Å². The van der Waals surface area contributed by atoms with Gasteiger partial charge in [-0.2, -0.15) is 0 Å². The van der Waals surface area contributed by atoms with Crippen LogP contribution in [0.25, 0.3) is 0 Å². The van der Waals surface area contributed by atoms with Crippen molar-refractivity contribution < 1.29 is 9.18 Å². The normalized spacial score (nSPS) is 23.9. The number of carbonyl (C=O) groups is 1. The Kier molecular flexibility index (Phi) is 6.42. The molecule has 3 fully saturated rings. The third kappa shape index (κ3) is 4.67. The van der Waals surface area contributed by atoms with Gasteiger partial charge in [0.15, 0.2) is 0 Å². The summed E-state index contributed by atoms with van der Waals surface area (Å²) in [6.07, 6.45) is 5.52. The second-order valence-electron chi connectivity index (χ2n) is 6.88. The summed E-state index contributed by atoms with van der Waals surface area (Å²) in [7, 11) is 1.83. The van der Waals surface area contributed by atoms with Crippen molar-refractivity contribution in [1.82, 2.24) is 9.80 Å². The number of hydrogen-bond donors (Lipinski definition) is 0. The molecule has 1 saturated carbocycles. The lowest BCUT2D eigenvalue weighted by molar-refractivity contribution is 0.0775. The fourth-order valence-electron chi connectivity index (χ4n) is 3.79. The average molecular weight is 341 g/mol. The van der Waals surface area contributed by atoms with E-state index >= 15 is 0 Å². The molecular weight excluding hydrogens is 315 g/mol. The van der Waals surface area contributed by atoms with Crippen molar-refractivity contribution in [3.05, 3.63) is 35.6 Å². The van der Waals surface area contributed by atoms with Crippen molar-refractivity contribution in [2.45, 2.75) is 25.7 Å². The minimum absolute atomic E-state index is 0. The zero-order chi connectivity index (χ0) is 15.5. The molecule has 1 aliphatic carbocycles. The number of hydrogen-bond acceptors (Lipinski definition) is 2. The minimum atomic E-state index is -0.306. The molecule has 4 rings (SSSR count). The molecule has 128 valence electrons. The number of rotatable bonds is 4. The van der Waals surface area contributed by atoms with Crippen LogP contribution in [0.15, 0.2) is 24.3 Å². The van der Waals surface area contributed by atoms with Crippen LogP contribution in [0.4, 0.5) is 4.39 Å². The molecule has 5 heteroatoms. The van der Waals surface area contributed by atoms with E-state index in [2.05, 4.69) is 4.90 Å². The Labute approximate surface area is 144 Å². The summed E-state index contributed by atoms with van der Waals surface area (Å²) in [6.45, 7) is 4.05. The summed E-state index contributed by atoms with van der Waals surface area (Å²) in [5, 5.41) is 0. The molecule has 1 aromatic rings. The highest BCUT2D eigenvalue weighted by Crippen LogP contribution is 2.33. The van der Waals surface area contributed by atoms with Crippen LogP contribution >= 0.6 is 12.4 Å². The van der Waals surface area contributed by atoms with Gasteiger partial charge in [0.25, 0.3) is 5.91 Å². The van der Waals surface area contributed by atoms with Gasteiger partial charge in [-0.25, -0.2) is 4.39 Å². The summed E-state index contributed by atoms with van der Waals surface area (Å²) in [5.41, 5.74) is 0.555. The minimum Gasteiger partial charge on any atom is -0.340 e. The van der Waals surface area contributed by atoms with Crippen LogP contribution in [0.3, 0.4) is 0 Å². The van der Waals surface area contributed by atoms with Crippen LogP contribution in [0.2, 0.25) is 0 Å². The predicted molar refractivity (Wildman–Crippen MR) is 92.5 cm³/mol. The lowest BCUT2D eigenvalue weighted by Crippen LogP contribution is -2.38. The molecule has 2 heterocycles. The van der Waals surface area contributed by atoms with Crippen molar-refractivity contribution in [3.63, 3.8) is 0 Å². The van der Waals surface area contributed by atoms with Gasteiger partial charge in [0.2, 0.25) is 0 Å². The second kappa shape index (κ2) is 8.11. The lowest BCUT2D eigenvalue weighted by atomic mass is 9.84. The summed E-state index contributed by atoms with van der Waals surface area (Å²) in [6, 6.07) is 5.79. The largest absolute Gasteiger partial charge is 0.340 e. The second-order valence-corrected chi connectivity index (χ2v) is 6.88. The van der Waals surface area contributed by atoms with E-state index in [4.69, 9.17) is 0 Å². The summed E-state index contributed by atoms with van der Waals surface area (Å²) in [4.78, 5) is 16.6. The van der Waals surface area contributed by atoms with Crippen LogP contribution in [-0.2, 0) is 0 Å². The summed E-state index contributed by atoms with van der Waals surface area (Å²) in [5.74, 6) is 1.38. The van der Waals surface area contributed by atoms with Crippen LogP contribution in [-0.4, -0.2) is 48.9 Å². The van der Waals surface area contributed by atoms with E-state index in [1.54, 1.807) is 17.0 Å². The topological polar surface area (TPSA) is 23.6 Å². The Morgan fingerprint density at radius 3 is 2.17 bits per heavy atom. The molecule has 2 bridgehead atoms. The Hall–Kier alpha value is -1.13. The highest BCUT2D eigenvalue weighted by Gasteiger charge is 2.29. The maximum Gasteiger partial charge on any atom is 0.253 e. The zero-order valence-electron chi connectivity index (χ0n) is 13.7. The molecule has 0 N–H and O–H groups in total. The van der Waals surface area contributed by atoms with Crippen molar-refractivity contribution in [2.75, 3.05) is 33.2 Å². The van der Waals surface area contributed by atoms with Gasteiger partial charge in [-0.3, -0.25) is 4.79 Å². The fraction of sp³-hybridized carbons (Fsp3) is 0.611. The molecule has 2 saturated heterocycles. The Morgan fingerprint density at radius 2 is 1.65 bits per heavy atom. The van der Waals surface area contributed by atoms with E-state index in [9.17, 15) is 9.18 Å². The van der Waals surface area contributed by atoms with Gasteiger partial charge in [0.05, 0.1) is 0 Å². The van der Waals surface area contributed by atoms with Gasteiger partial charge in [-0.05, 0) is 61.8 Å². The summed E-state index contributed by atoms with van der Waals surface area (Å²) < 4.78 is 12.9. The van der Waals surface area contributed by atoms with Crippen LogP contribution in [0.5, 0.6) is 0 Å². The third-order valence-electron chi connectivity index (χ3n) is 5.19. The fourth-order valence-corrected chi connectivity index (χ4v) is 3.79. The van der Waals surface area contributed by atoms with Crippen LogP contribution in [0, 0.1) is 17.7 Å². The van der Waals surface area contributed by atoms with Crippen molar-refractivity contribution in [2.24, 2.45) is 11.8 Å². The Balaban J connectivity index is 0.00000192. The maximum atomic E-state index is 12.9. The van der Waals surface area contributed by atoms with Gasteiger partial charge < -0.3 is 9.80 Å². The summed E-state index contributed by atoms with van der Waals surface area (Å²) >= 11 is 0. The van der Waals surface area contributed by atoms with Gasteiger partial charge in [-0.15, -0.1) is 12.4 Å². The number of carbonyl (C=O) groups excluding carboxylic acids is 1. The first kappa shape index (κ1) is 18.2. The lowest BCUT2D eigenvalue weighted by Gasteiger charge is -2.25. The maximum absolute atomic E-state index is 12.9. The molecule has 0 atom stereocenters. The standard InChI is InChI=1S/C18H25FN2O.ClH/c1-20(18(22)16-6-8-17(19)9-7-16)10-11-21-12-14-2-3-15(13-21)5-4-14;/h6-9,14-15H,2-5,10-13H2,1H3;1H. The Morgan fingerprint density at radius 1 is 1.13 bits per heavy atom. The van der Waals surface area contributed by atoms with E-state index in [1.807, 2.05) is 7.05 Å². The van der Waals surface area contributed by atoms with E-state index in [1.165, 1.54) is 50.9 Å². The SMILES string of the molecule is CN(CCN1CC2CCC(CC2)C1)C(=O)c1ccc(F)cc1.Cl. The zero-order valence-corrected chi connectivity index (χ0v) is 14.5. The monoisotopic (exact) mass is 340 g/mol. The van der Waals surface area contributed by atoms with E-state index in [0.29, 0.717) is 5.56 Å². The molecular formula is C18H26ClFN2O. The van der Waals surface area contributed by atoms with Gasteiger partial charge in [0, 0.05) is 38.8 Å². The van der Waals surface area contributed by atoms with Gasteiger partial charge in [-0.1, -0.05) is 0 Å². The van der Waals surface area contributed by atoms with Crippen LogP contribution in [0.1, 0.15) is 36.0 Å². The quantitative estimate of drug-likeness (QED) is 0.838. The van der Waals surface area contributed by atoms with Crippen molar-refractivity contribution in [3.8, 4) is 0 Å². The molecule has 2 aliphatic heterocycles. The van der Waals surface area contributed by atoms with Gasteiger partial charge in [0.1, 0.15) is 5.82 Å². The van der Waals surface area contributed by atoms with E-state index < -0.39 is 0 Å². The molecule has 0 spiro atoms. The number of benzene rings is 1. The number of halogens is 2. The Bertz CT molecular complexity index is 500. The number of nitrogens with zero attached hydrogens (tertiary/aromatic N) is 2.